The van der Waals surface area contributed by atoms with E-state index in [4.69, 9.17) is 4.74 Å². The predicted octanol–water partition coefficient (Wildman–Crippen LogP) is 4.11. The highest BCUT2D eigenvalue weighted by Crippen LogP contribution is 2.49. The van der Waals surface area contributed by atoms with Gasteiger partial charge in [-0.2, -0.15) is 0 Å². The summed E-state index contributed by atoms with van der Waals surface area (Å²) in [4.78, 5) is 0. The van der Waals surface area contributed by atoms with Crippen molar-refractivity contribution in [3.05, 3.63) is 47.0 Å². The molecule has 0 bridgehead atoms. The first-order chi connectivity index (χ1) is 7.40. The van der Waals surface area contributed by atoms with Gasteiger partial charge < -0.3 is 4.74 Å². The number of allylic oxidation sites excluding steroid dienone is 6. The summed E-state index contributed by atoms with van der Waals surface area (Å²) in [6.45, 7) is 6.20. The number of hydrogen-bond donors (Lipinski definition) is 0. The molecule has 1 atom stereocenters. The van der Waals surface area contributed by atoms with Crippen LogP contribution in [0.5, 0.6) is 0 Å². The lowest BCUT2D eigenvalue weighted by Gasteiger charge is -2.20. The van der Waals surface area contributed by atoms with Gasteiger partial charge >= 0.3 is 0 Å². The molecule has 3 rings (SSSR count). The van der Waals surface area contributed by atoms with Crippen LogP contribution in [0, 0.1) is 5.92 Å². The standard InChI is InChI=1S/C12H12O.C2H6/c1-2-8-6-12-9(4-3-5-13-12)11-7-10(8)11;1-2/h3,5-7,11H,2,4H2,1H3;1-2H3. The van der Waals surface area contributed by atoms with E-state index < -0.39 is 0 Å². The van der Waals surface area contributed by atoms with Crippen molar-refractivity contribution >= 4 is 0 Å². The molecule has 1 unspecified atom stereocenters. The predicted molar refractivity (Wildman–Crippen MR) is 63.2 cm³/mol. The molecule has 0 aromatic rings. The minimum Gasteiger partial charge on any atom is -0.465 e. The van der Waals surface area contributed by atoms with Crippen molar-refractivity contribution < 1.29 is 4.74 Å². The van der Waals surface area contributed by atoms with Crippen LogP contribution in [-0.4, -0.2) is 0 Å². The van der Waals surface area contributed by atoms with Crippen LogP contribution in [0.3, 0.4) is 0 Å². The Hall–Kier alpha value is -1.24. The molecule has 0 amide bonds. The molecular formula is C14H18O. The van der Waals surface area contributed by atoms with E-state index in [-0.39, 0.29) is 0 Å². The van der Waals surface area contributed by atoms with E-state index in [1.165, 1.54) is 11.1 Å². The summed E-state index contributed by atoms with van der Waals surface area (Å²) in [6, 6.07) is 0. The molecule has 80 valence electrons. The zero-order valence-electron chi connectivity index (χ0n) is 9.71. The molecule has 1 heterocycles. The van der Waals surface area contributed by atoms with Gasteiger partial charge in [0.15, 0.2) is 0 Å². The van der Waals surface area contributed by atoms with Crippen molar-refractivity contribution in [2.24, 2.45) is 5.92 Å². The summed E-state index contributed by atoms with van der Waals surface area (Å²) in [6.07, 6.45) is 10.6. The van der Waals surface area contributed by atoms with Crippen molar-refractivity contribution in [2.45, 2.75) is 33.6 Å². The van der Waals surface area contributed by atoms with E-state index in [0.29, 0.717) is 5.92 Å². The summed E-state index contributed by atoms with van der Waals surface area (Å²) in [5.41, 5.74) is 4.45. The molecule has 0 saturated carbocycles. The van der Waals surface area contributed by atoms with Gasteiger partial charge in [-0.3, -0.25) is 0 Å². The molecule has 0 radical (unpaired) electrons. The Labute approximate surface area is 91.8 Å². The van der Waals surface area contributed by atoms with Crippen LogP contribution in [0.2, 0.25) is 0 Å². The third-order valence-corrected chi connectivity index (χ3v) is 2.95. The summed E-state index contributed by atoms with van der Waals surface area (Å²) >= 11 is 0. The summed E-state index contributed by atoms with van der Waals surface area (Å²) < 4.78 is 5.50. The average Bonchev–Trinajstić information content (AvgIpc) is 3.11. The molecule has 0 aromatic carbocycles. The monoisotopic (exact) mass is 202 g/mol. The molecule has 3 aliphatic rings. The molecule has 15 heavy (non-hydrogen) atoms. The van der Waals surface area contributed by atoms with Crippen LogP contribution < -0.4 is 0 Å². The molecule has 0 aromatic heterocycles. The Morgan fingerprint density at radius 3 is 2.93 bits per heavy atom. The Morgan fingerprint density at radius 1 is 1.40 bits per heavy atom. The van der Waals surface area contributed by atoms with Crippen molar-refractivity contribution in [3.63, 3.8) is 0 Å². The first-order valence-electron chi connectivity index (χ1n) is 5.87. The van der Waals surface area contributed by atoms with Gasteiger partial charge in [0.2, 0.25) is 0 Å². The van der Waals surface area contributed by atoms with Crippen molar-refractivity contribution in [2.75, 3.05) is 0 Å². The molecule has 1 heteroatoms. The lowest BCUT2D eigenvalue weighted by atomic mass is 9.92. The van der Waals surface area contributed by atoms with E-state index >= 15 is 0 Å². The Kier molecular flexibility index (Phi) is 2.81. The van der Waals surface area contributed by atoms with Gasteiger partial charge in [0.1, 0.15) is 5.76 Å². The summed E-state index contributed by atoms with van der Waals surface area (Å²) in [7, 11) is 0. The first kappa shape index (κ1) is 10.3. The third-order valence-electron chi connectivity index (χ3n) is 2.95. The van der Waals surface area contributed by atoms with Crippen LogP contribution in [0.15, 0.2) is 47.0 Å². The van der Waals surface area contributed by atoms with Crippen LogP contribution in [-0.2, 0) is 4.74 Å². The topological polar surface area (TPSA) is 9.23 Å². The fraction of sp³-hybridized carbons (Fsp3) is 0.429. The zero-order valence-corrected chi connectivity index (χ0v) is 9.71. The molecule has 2 aliphatic carbocycles. The smallest absolute Gasteiger partial charge is 0.127 e. The van der Waals surface area contributed by atoms with Gasteiger partial charge in [0.05, 0.1) is 6.26 Å². The highest BCUT2D eigenvalue weighted by Gasteiger charge is 2.36. The highest BCUT2D eigenvalue weighted by atomic mass is 16.5. The fourth-order valence-electron chi connectivity index (χ4n) is 2.15. The second-order valence-electron chi connectivity index (χ2n) is 3.71. The average molecular weight is 202 g/mol. The number of ether oxygens (including phenoxy) is 1. The normalized spacial score (nSPS) is 25.1. The molecule has 0 fully saturated rings. The van der Waals surface area contributed by atoms with E-state index in [2.05, 4.69) is 25.2 Å². The molecule has 0 saturated heterocycles. The molecule has 0 spiro atoms. The Bertz CT molecular complexity index is 380. The van der Waals surface area contributed by atoms with Crippen LogP contribution in [0.4, 0.5) is 0 Å². The van der Waals surface area contributed by atoms with Crippen molar-refractivity contribution in [1.82, 2.24) is 0 Å². The number of rotatable bonds is 1. The van der Waals surface area contributed by atoms with E-state index in [9.17, 15) is 0 Å². The van der Waals surface area contributed by atoms with Crippen LogP contribution in [0.1, 0.15) is 33.6 Å². The van der Waals surface area contributed by atoms with Gasteiger partial charge in [0.25, 0.3) is 0 Å². The lowest BCUT2D eigenvalue weighted by molar-refractivity contribution is 0.347. The van der Waals surface area contributed by atoms with Crippen LogP contribution >= 0.6 is 0 Å². The van der Waals surface area contributed by atoms with Crippen LogP contribution in [0.25, 0.3) is 0 Å². The first-order valence-corrected chi connectivity index (χ1v) is 5.87. The fourth-order valence-corrected chi connectivity index (χ4v) is 2.15. The van der Waals surface area contributed by atoms with Gasteiger partial charge in [-0.15, -0.1) is 0 Å². The van der Waals surface area contributed by atoms with E-state index in [1.54, 1.807) is 11.8 Å². The second-order valence-corrected chi connectivity index (χ2v) is 3.71. The lowest BCUT2D eigenvalue weighted by Crippen LogP contribution is -2.05. The maximum Gasteiger partial charge on any atom is 0.127 e. The summed E-state index contributed by atoms with van der Waals surface area (Å²) in [5.74, 6) is 1.72. The maximum atomic E-state index is 5.50. The maximum absolute atomic E-state index is 5.50. The van der Waals surface area contributed by atoms with Gasteiger partial charge in [-0.05, 0) is 41.7 Å². The number of hydrogen-bond acceptors (Lipinski definition) is 1. The van der Waals surface area contributed by atoms with Gasteiger partial charge in [0, 0.05) is 5.92 Å². The second kappa shape index (κ2) is 4.09. The van der Waals surface area contributed by atoms with E-state index in [1.807, 2.05) is 13.8 Å². The molecular weight excluding hydrogens is 184 g/mol. The third kappa shape index (κ3) is 1.67. The number of fused-ring (bicyclic) bond motifs is 2. The Morgan fingerprint density at radius 2 is 2.20 bits per heavy atom. The SMILES string of the molecule is CC.CCC1=CC2=C(CC=CO2)C2C=C12. The highest BCUT2D eigenvalue weighted by molar-refractivity contribution is 5.60. The van der Waals surface area contributed by atoms with Crippen molar-refractivity contribution in [1.29, 1.82) is 0 Å². The van der Waals surface area contributed by atoms with Crippen molar-refractivity contribution in [3.8, 4) is 0 Å². The Balaban J connectivity index is 0.000000404. The van der Waals surface area contributed by atoms with Gasteiger partial charge in [-0.1, -0.05) is 26.8 Å². The van der Waals surface area contributed by atoms with E-state index in [0.717, 1.165) is 18.6 Å². The quantitative estimate of drug-likeness (QED) is 0.622. The molecule has 0 N–H and O–H groups in total. The van der Waals surface area contributed by atoms with Gasteiger partial charge in [-0.25, -0.2) is 0 Å². The largest absolute Gasteiger partial charge is 0.465 e. The summed E-state index contributed by atoms with van der Waals surface area (Å²) in [5, 5.41) is 0. The minimum absolute atomic E-state index is 0.625. The zero-order chi connectivity index (χ0) is 10.8. The minimum atomic E-state index is 0.625. The molecule has 1 aliphatic heterocycles. The molecule has 1 nitrogen and oxygen atoms in total.